The fourth-order valence-electron chi connectivity index (χ4n) is 3.15. The molecule has 2 heterocycles. The van der Waals surface area contributed by atoms with Crippen molar-refractivity contribution in [1.82, 2.24) is 4.98 Å². The summed E-state index contributed by atoms with van der Waals surface area (Å²) in [4.78, 5) is 18.0. The summed E-state index contributed by atoms with van der Waals surface area (Å²) < 4.78 is 58.3. The molecule has 3 rings (SSSR count). The number of hydrogen-bond acceptors (Lipinski definition) is 3. The molecule has 0 N–H and O–H groups in total. The predicted molar refractivity (Wildman–Crippen MR) is 96.5 cm³/mol. The van der Waals surface area contributed by atoms with E-state index in [9.17, 15) is 22.4 Å². The first-order chi connectivity index (χ1) is 13.0. The second kappa shape index (κ2) is 7.07. The molecule has 0 bridgehead atoms. The van der Waals surface area contributed by atoms with Gasteiger partial charge >= 0.3 is 12.3 Å². The zero-order valence-corrected chi connectivity index (χ0v) is 15.7. The molecule has 1 aromatic carbocycles. The normalized spacial score (nSPS) is 14.6. The van der Waals surface area contributed by atoms with E-state index >= 15 is 0 Å². The number of carbonyl (C=O) groups is 1. The van der Waals surface area contributed by atoms with Gasteiger partial charge in [-0.2, -0.15) is 13.2 Å². The third-order valence-corrected chi connectivity index (χ3v) is 4.33. The second-order valence-electron chi connectivity index (χ2n) is 7.61. The number of rotatable bonds is 1. The largest absolute Gasteiger partial charge is 0.443 e. The van der Waals surface area contributed by atoms with Gasteiger partial charge in [-0.25, -0.2) is 9.18 Å². The van der Waals surface area contributed by atoms with Gasteiger partial charge in [-0.15, -0.1) is 0 Å². The highest BCUT2D eigenvalue weighted by Crippen LogP contribution is 2.38. The van der Waals surface area contributed by atoms with Crippen molar-refractivity contribution in [3.05, 3.63) is 47.5 Å². The molecule has 8 heteroatoms. The molecule has 4 nitrogen and oxygen atoms in total. The Kier molecular flexibility index (Phi) is 5.08. The van der Waals surface area contributed by atoms with E-state index < -0.39 is 29.3 Å². The molecule has 1 aromatic heterocycles. The smallest absolute Gasteiger partial charge is 0.416 e. The number of pyridine rings is 1. The molecule has 1 amide bonds. The van der Waals surface area contributed by atoms with Crippen LogP contribution in [0.3, 0.4) is 0 Å². The van der Waals surface area contributed by atoms with Crippen LogP contribution in [0.25, 0.3) is 11.1 Å². The van der Waals surface area contributed by atoms with E-state index in [0.717, 1.165) is 12.1 Å². The lowest BCUT2D eigenvalue weighted by Gasteiger charge is -2.32. The zero-order valence-electron chi connectivity index (χ0n) is 15.7. The van der Waals surface area contributed by atoms with Crippen molar-refractivity contribution < 1.29 is 27.1 Å². The number of carbonyl (C=O) groups excluding carboxylic acids is 1. The van der Waals surface area contributed by atoms with Crippen molar-refractivity contribution >= 4 is 11.8 Å². The minimum absolute atomic E-state index is 0.0170. The van der Waals surface area contributed by atoms with Crippen molar-refractivity contribution in [2.24, 2.45) is 0 Å². The van der Waals surface area contributed by atoms with Crippen LogP contribution < -0.4 is 4.90 Å². The highest BCUT2D eigenvalue weighted by Gasteiger charge is 2.32. The van der Waals surface area contributed by atoms with Crippen molar-refractivity contribution in [3.63, 3.8) is 0 Å². The summed E-state index contributed by atoms with van der Waals surface area (Å²) in [6, 6.07) is 2.41. The maximum Gasteiger partial charge on any atom is 0.416 e. The van der Waals surface area contributed by atoms with Gasteiger partial charge in [0.05, 0.1) is 17.4 Å². The fourth-order valence-corrected chi connectivity index (χ4v) is 3.15. The summed E-state index contributed by atoms with van der Waals surface area (Å²) in [6.07, 6.45) is -1.10. The third-order valence-electron chi connectivity index (χ3n) is 4.33. The summed E-state index contributed by atoms with van der Waals surface area (Å²) in [5, 5.41) is 0. The number of amides is 1. The maximum atomic E-state index is 14.5. The van der Waals surface area contributed by atoms with Gasteiger partial charge < -0.3 is 4.74 Å². The van der Waals surface area contributed by atoms with Crippen LogP contribution in [0.15, 0.2) is 30.6 Å². The molecule has 2 aromatic rings. The zero-order chi connectivity index (χ0) is 20.7. The lowest BCUT2D eigenvalue weighted by molar-refractivity contribution is -0.137. The summed E-state index contributed by atoms with van der Waals surface area (Å²) in [5.74, 6) is -0.987. The first-order valence-corrected chi connectivity index (χ1v) is 8.82. The number of anilines is 1. The van der Waals surface area contributed by atoms with Gasteiger partial charge in [0.15, 0.2) is 0 Å². The Morgan fingerprint density at radius 1 is 1.14 bits per heavy atom. The Morgan fingerprint density at radius 3 is 2.46 bits per heavy atom. The molecule has 0 fully saturated rings. The third kappa shape index (κ3) is 4.10. The number of fused-ring (bicyclic) bond motifs is 1. The van der Waals surface area contributed by atoms with E-state index in [0.29, 0.717) is 42.3 Å². The molecule has 0 unspecified atom stereocenters. The van der Waals surface area contributed by atoms with Gasteiger partial charge in [-0.05, 0) is 51.3 Å². The van der Waals surface area contributed by atoms with E-state index in [1.54, 1.807) is 20.8 Å². The summed E-state index contributed by atoms with van der Waals surface area (Å²) in [5.41, 5.74) is -0.204. The van der Waals surface area contributed by atoms with Crippen LogP contribution in [0, 0.1) is 5.82 Å². The standard InChI is InChI=1S/C20H20F4N2O2/c1-19(2,3)28-18(27)26-8-4-5-14-15(10-25-11-17(14)26)13-7-6-12(9-16(13)21)20(22,23)24/h6-7,9-11H,4-5,8H2,1-3H3. The number of halogens is 4. The Labute approximate surface area is 160 Å². The first kappa shape index (κ1) is 20.1. The van der Waals surface area contributed by atoms with Gasteiger partial charge in [0.1, 0.15) is 11.4 Å². The number of aromatic nitrogens is 1. The van der Waals surface area contributed by atoms with Crippen molar-refractivity contribution in [2.75, 3.05) is 11.4 Å². The van der Waals surface area contributed by atoms with Gasteiger partial charge in [0.25, 0.3) is 0 Å². The summed E-state index contributed by atoms with van der Waals surface area (Å²) in [7, 11) is 0. The van der Waals surface area contributed by atoms with Crippen LogP contribution in [0.1, 0.15) is 38.3 Å². The molecule has 0 atom stereocenters. The molecule has 0 saturated carbocycles. The van der Waals surface area contributed by atoms with Crippen molar-refractivity contribution in [2.45, 2.75) is 45.4 Å². The van der Waals surface area contributed by atoms with Crippen LogP contribution >= 0.6 is 0 Å². The molecule has 0 spiro atoms. The quantitative estimate of drug-likeness (QED) is 0.590. The average molecular weight is 396 g/mol. The molecule has 0 radical (unpaired) electrons. The summed E-state index contributed by atoms with van der Waals surface area (Å²) >= 11 is 0. The van der Waals surface area contributed by atoms with E-state index in [2.05, 4.69) is 4.98 Å². The highest BCUT2D eigenvalue weighted by molar-refractivity contribution is 5.91. The van der Waals surface area contributed by atoms with E-state index in [1.807, 2.05) is 0 Å². The van der Waals surface area contributed by atoms with Crippen LogP contribution in [0.4, 0.5) is 28.0 Å². The first-order valence-electron chi connectivity index (χ1n) is 8.82. The van der Waals surface area contributed by atoms with E-state index in [-0.39, 0.29) is 5.56 Å². The average Bonchev–Trinajstić information content (AvgIpc) is 2.58. The number of ether oxygens (including phenoxy) is 1. The SMILES string of the molecule is CC(C)(C)OC(=O)N1CCCc2c(-c3ccc(C(F)(F)F)cc3F)cncc21. The molecule has 0 aliphatic carbocycles. The van der Waals surface area contributed by atoms with Gasteiger partial charge in [0, 0.05) is 23.9 Å². The number of benzene rings is 1. The Balaban J connectivity index is 2.03. The van der Waals surface area contributed by atoms with Crippen molar-refractivity contribution in [3.8, 4) is 11.1 Å². The molecule has 1 aliphatic heterocycles. The van der Waals surface area contributed by atoms with Crippen LogP contribution in [-0.4, -0.2) is 23.2 Å². The minimum atomic E-state index is -4.62. The second-order valence-corrected chi connectivity index (χ2v) is 7.61. The lowest BCUT2D eigenvalue weighted by Crippen LogP contribution is -2.40. The molecule has 28 heavy (non-hydrogen) atoms. The highest BCUT2D eigenvalue weighted by atomic mass is 19.4. The van der Waals surface area contributed by atoms with Crippen LogP contribution in [0.5, 0.6) is 0 Å². The van der Waals surface area contributed by atoms with Crippen molar-refractivity contribution in [1.29, 1.82) is 0 Å². The van der Waals surface area contributed by atoms with E-state index in [1.165, 1.54) is 17.3 Å². The molecule has 150 valence electrons. The van der Waals surface area contributed by atoms with E-state index in [4.69, 9.17) is 4.74 Å². The lowest BCUT2D eigenvalue weighted by atomic mass is 9.93. The van der Waals surface area contributed by atoms with Gasteiger partial charge in [-0.1, -0.05) is 6.07 Å². The Bertz CT molecular complexity index is 904. The van der Waals surface area contributed by atoms with Crippen LogP contribution in [-0.2, 0) is 17.3 Å². The molecule has 0 saturated heterocycles. The summed E-state index contributed by atoms with van der Waals surface area (Å²) in [6.45, 7) is 5.68. The molecule has 1 aliphatic rings. The Hall–Kier alpha value is -2.64. The van der Waals surface area contributed by atoms with Crippen LogP contribution in [0.2, 0.25) is 0 Å². The van der Waals surface area contributed by atoms with Gasteiger partial charge in [0.2, 0.25) is 0 Å². The fraction of sp³-hybridized carbons (Fsp3) is 0.400. The monoisotopic (exact) mass is 396 g/mol. The minimum Gasteiger partial charge on any atom is -0.443 e. The number of nitrogens with zero attached hydrogens (tertiary/aromatic N) is 2. The number of alkyl halides is 3. The maximum absolute atomic E-state index is 14.5. The molecular formula is C20H20F4N2O2. The Morgan fingerprint density at radius 2 is 1.86 bits per heavy atom. The van der Waals surface area contributed by atoms with Gasteiger partial charge in [-0.3, -0.25) is 9.88 Å². The molecular weight excluding hydrogens is 376 g/mol. The number of hydrogen-bond donors (Lipinski definition) is 0. The predicted octanol–water partition coefficient (Wildman–Crippen LogP) is 5.59. The topological polar surface area (TPSA) is 42.4 Å².